The molecule has 0 bridgehead atoms. The van der Waals surface area contributed by atoms with Crippen LogP contribution in [0.1, 0.15) is 34.7 Å². The van der Waals surface area contributed by atoms with Gasteiger partial charge in [0, 0.05) is 22.8 Å². The molecule has 2 aromatic heterocycles. The predicted molar refractivity (Wildman–Crippen MR) is 155 cm³/mol. The Bertz CT molecular complexity index is 1500. The summed E-state index contributed by atoms with van der Waals surface area (Å²) in [7, 11) is 0. The summed E-state index contributed by atoms with van der Waals surface area (Å²) >= 11 is 22.6. The minimum Gasteiger partial charge on any atom is -0.318 e. The van der Waals surface area contributed by atoms with Gasteiger partial charge in [-0.05, 0) is 58.2 Å². The summed E-state index contributed by atoms with van der Waals surface area (Å²) < 4.78 is 1.69. The number of halogens is 4. The molecule has 0 aliphatic rings. The number of benzene rings is 2. The zero-order chi connectivity index (χ0) is 27.6. The van der Waals surface area contributed by atoms with E-state index in [9.17, 15) is 9.59 Å². The largest absolute Gasteiger partial charge is 0.318 e. The van der Waals surface area contributed by atoms with E-state index in [4.69, 9.17) is 40.5 Å². The van der Waals surface area contributed by atoms with E-state index in [-0.39, 0.29) is 44.8 Å². The van der Waals surface area contributed by atoms with E-state index in [0.717, 1.165) is 0 Å². The van der Waals surface area contributed by atoms with Gasteiger partial charge in [-0.25, -0.2) is 9.67 Å². The van der Waals surface area contributed by atoms with Gasteiger partial charge in [0.2, 0.25) is 0 Å². The highest BCUT2D eigenvalue weighted by molar-refractivity contribution is 9.10. The molecule has 0 saturated carbocycles. The molecule has 8 nitrogen and oxygen atoms in total. The van der Waals surface area contributed by atoms with Crippen molar-refractivity contribution >= 4 is 73.9 Å². The van der Waals surface area contributed by atoms with Gasteiger partial charge in [-0.2, -0.15) is 5.10 Å². The average Bonchev–Trinajstić information content (AvgIpc) is 3.28. The number of carbonyl (C=O) groups is 2. The number of nitrogens with one attached hydrogen (secondary N) is 1. The van der Waals surface area contributed by atoms with Gasteiger partial charge < -0.3 is 11.1 Å². The monoisotopic (exact) mass is 634 g/mol. The van der Waals surface area contributed by atoms with Crippen LogP contribution >= 0.6 is 50.7 Å². The van der Waals surface area contributed by atoms with E-state index in [0.29, 0.717) is 15.2 Å². The van der Waals surface area contributed by atoms with Crippen LogP contribution in [-0.4, -0.2) is 32.7 Å². The smallest absolute Gasteiger partial charge is 0.274 e. The third kappa shape index (κ3) is 5.87. The van der Waals surface area contributed by atoms with Crippen LogP contribution in [0.4, 0.5) is 11.4 Å². The number of nitrogens with zero attached hydrogens (tertiary/aromatic N) is 4. The van der Waals surface area contributed by atoms with Crippen molar-refractivity contribution in [3.8, 4) is 5.82 Å². The SMILES string of the molecule is CC(C)C(N)N(C(=O)c1ccccc1)c1cc(Cl)cc(Cl)c1NC(=O)c1cc(Br)nn1-c1ncccc1Cl. The molecule has 0 fully saturated rings. The molecule has 12 heteroatoms. The quantitative estimate of drug-likeness (QED) is 0.216. The Labute approximate surface area is 242 Å². The van der Waals surface area contributed by atoms with Crippen molar-refractivity contribution in [3.63, 3.8) is 0 Å². The number of rotatable bonds is 7. The maximum Gasteiger partial charge on any atom is 0.274 e. The summed E-state index contributed by atoms with van der Waals surface area (Å²) in [5.74, 6) is -0.850. The highest BCUT2D eigenvalue weighted by Gasteiger charge is 2.30. The molecular weight excluding hydrogens is 615 g/mol. The summed E-state index contributed by atoms with van der Waals surface area (Å²) in [6.07, 6.45) is 0.771. The van der Waals surface area contributed by atoms with Gasteiger partial charge in [0.05, 0.1) is 27.6 Å². The molecule has 0 spiro atoms. The molecule has 0 saturated heterocycles. The van der Waals surface area contributed by atoms with Gasteiger partial charge in [-0.15, -0.1) is 0 Å². The first-order valence-electron chi connectivity index (χ1n) is 11.4. The van der Waals surface area contributed by atoms with Crippen LogP contribution in [0.2, 0.25) is 15.1 Å². The van der Waals surface area contributed by atoms with E-state index in [1.54, 1.807) is 42.5 Å². The second-order valence-electron chi connectivity index (χ2n) is 8.58. The van der Waals surface area contributed by atoms with Crippen molar-refractivity contribution in [2.45, 2.75) is 20.0 Å². The first kappa shape index (κ1) is 28.1. The van der Waals surface area contributed by atoms with Gasteiger partial charge >= 0.3 is 0 Å². The molecule has 38 heavy (non-hydrogen) atoms. The Morgan fingerprint density at radius 1 is 1.03 bits per heavy atom. The predicted octanol–water partition coefficient (Wildman–Crippen LogP) is 6.83. The third-order valence-corrected chi connectivity index (χ3v) is 6.80. The molecule has 2 amide bonds. The van der Waals surface area contributed by atoms with Gasteiger partial charge in [0.1, 0.15) is 10.3 Å². The zero-order valence-electron chi connectivity index (χ0n) is 20.2. The van der Waals surface area contributed by atoms with Crippen molar-refractivity contribution in [2.75, 3.05) is 10.2 Å². The molecule has 4 rings (SSSR count). The minimum absolute atomic E-state index is 0.114. The maximum atomic E-state index is 13.7. The van der Waals surface area contributed by atoms with E-state index in [1.807, 2.05) is 13.8 Å². The first-order valence-corrected chi connectivity index (χ1v) is 13.3. The highest BCUT2D eigenvalue weighted by atomic mass is 79.9. The lowest BCUT2D eigenvalue weighted by molar-refractivity contribution is 0.0968. The Balaban J connectivity index is 1.82. The summed E-state index contributed by atoms with van der Waals surface area (Å²) in [5, 5.41) is 7.79. The summed E-state index contributed by atoms with van der Waals surface area (Å²) in [6, 6.07) is 16.5. The lowest BCUT2D eigenvalue weighted by Gasteiger charge is -2.33. The van der Waals surface area contributed by atoms with Crippen molar-refractivity contribution in [3.05, 3.63) is 97.8 Å². The maximum absolute atomic E-state index is 13.7. The van der Waals surface area contributed by atoms with E-state index in [2.05, 4.69) is 31.3 Å². The van der Waals surface area contributed by atoms with E-state index >= 15 is 0 Å². The molecular formula is C26H22BrCl3N6O2. The van der Waals surface area contributed by atoms with Gasteiger partial charge in [0.15, 0.2) is 5.82 Å². The van der Waals surface area contributed by atoms with Crippen molar-refractivity contribution in [1.82, 2.24) is 14.8 Å². The van der Waals surface area contributed by atoms with Crippen molar-refractivity contribution < 1.29 is 9.59 Å². The molecule has 3 N–H and O–H groups in total. The molecule has 0 aliphatic carbocycles. The summed E-state index contributed by atoms with van der Waals surface area (Å²) in [4.78, 5) is 32.9. The van der Waals surface area contributed by atoms with Crippen molar-refractivity contribution in [2.24, 2.45) is 11.7 Å². The van der Waals surface area contributed by atoms with Gasteiger partial charge in [-0.3, -0.25) is 14.5 Å². The fourth-order valence-corrected chi connectivity index (χ4v) is 4.79. The molecule has 196 valence electrons. The lowest BCUT2D eigenvalue weighted by Crippen LogP contribution is -2.49. The standard InChI is InChI=1S/C26H22BrCl3N6O2/c1-14(2)23(31)35(26(38)15-7-4-3-5-8-15)19-12-16(28)11-18(30)22(19)33-25(37)20-13-21(27)34-36(20)24-17(29)9-6-10-32-24/h3-14,23H,31H2,1-2H3,(H,33,37). The first-order chi connectivity index (χ1) is 18.1. The van der Waals surface area contributed by atoms with Crippen molar-refractivity contribution in [1.29, 1.82) is 0 Å². The molecule has 2 aromatic carbocycles. The highest BCUT2D eigenvalue weighted by Crippen LogP contribution is 2.39. The zero-order valence-corrected chi connectivity index (χ0v) is 24.1. The summed E-state index contributed by atoms with van der Waals surface area (Å²) in [6.45, 7) is 3.76. The minimum atomic E-state index is -0.764. The second-order valence-corrected chi connectivity index (χ2v) is 10.6. The van der Waals surface area contributed by atoms with Crippen LogP contribution in [0, 0.1) is 5.92 Å². The Morgan fingerprint density at radius 3 is 2.39 bits per heavy atom. The number of hydrogen-bond donors (Lipinski definition) is 2. The molecule has 1 atom stereocenters. The lowest BCUT2D eigenvalue weighted by atomic mass is 10.1. The van der Waals surface area contributed by atoms with Crippen LogP contribution in [0.3, 0.4) is 0 Å². The van der Waals surface area contributed by atoms with Crippen LogP contribution in [0.5, 0.6) is 0 Å². The summed E-state index contributed by atoms with van der Waals surface area (Å²) in [5.41, 5.74) is 7.44. The number of amides is 2. The van der Waals surface area contributed by atoms with Crippen LogP contribution < -0.4 is 16.0 Å². The molecule has 0 aliphatic heterocycles. The third-order valence-electron chi connectivity index (χ3n) is 5.60. The average molecular weight is 637 g/mol. The number of carbonyl (C=O) groups excluding carboxylic acids is 2. The topological polar surface area (TPSA) is 106 Å². The normalized spacial score (nSPS) is 11.9. The Kier molecular flexibility index (Phi) is 8.74. The van der Waals surface area contributed by atoms with Crippen LogP contribution in [-0.2, 0) is 0 Å². The number of pyridine rings is 1. The number of hydrogen-bond acceptors (Lipinski definition) is 5. The molecule has 1 unspecified atom stereocenters. The van der Waals surface area contributed by atoms with Gasteiger partial charge in [0.25, 0.3) is 11.8 Å². The fourth-order valence-electron chi connectivity index (χ4n) is 3.68. The van der Waals surface area contributed by atoms with Crippen LogP contribution in [0.25, 0.3) is 5.82 Å². The van der Waals surface area contributed by atoms with Crippen LogP contribution in [0.15, 0.2) is 71.5 Å². The van der Waals surface area contributed by atoms with Gasteiger partial charge in [-0.1, -0.05) is 66.8 Å². The Morgan fingerprint density at radius 2 is 1.74 bits per heavy atom. The second kappa shape index (κ2) is 11.8. The number of anilines is 2. The van der Waals surface area contributed by atoms with E-state index in [1.165, 1.54) is 34.0 Å². The fraction of sp³-hybridized carbons (Fsp3) is 0.154. The Hall–Kier alpha value is -2.95. The molecule has 4 aromatic rings. The number of nitrogens with two attached hydrogens (primary N) is 1. The molecule has 2 heterocycles. The number of aromatic nitrogens is 3. The van der Waals surface area contributed by atoms with E-state index < -0.39 is 12.1 Å². The molecule has 0 radical (unpaired) electrons.